The third kappa shape index (κ3) is 5.04. The van der Waals surface area contributed by atoms with Gasteiger partial charge in [0.15, 0.2) is 11.5 Å². The summed E-state index contributed by atoms with van der Waals surface area (Å²) in [6, 6.07) is 19.9. The number of imide groups is 1. The molecule has 3 aromatic rings. The van der Waals surface area contributed by atoms with Crippen LogP contribution in [-0.4, -0.2) is 29.1 Å². The molecule has 7 heteroatoms. The molecule has 4 rings (SSSR count). The van der Waals surface area contributed by atoms with Crippen LogP contribution < -0.4 is 9.47 Å². The van der Waals surface area contributed by atoms with Gasteiger partial charge in [-0.3, -0.25) is 9.59 Å². The van der Waals surface area contributed by atoms with Gasteiger partial charge in [-0.15, -0.1) is 0 Å². The molecule has 3 aromatic carbocycles. The maximum absolute atomic E-state index is 13.1. The maximum Gasteiger partial charge on any atom is 0.283 e. The molecule has 0 aliphatic carbocycles. The summed E-state index contributed by atoms with van der Waals surface area (Å²) >= 11 is 0. The lowest BCUT2D eigenvalue weighted by Crippen LogP contribution is -2.29. The van der Waals surface area contributed by atoms with Gasteiger partial charge in [-0.25, -0.2) is 4.39 Å². The van der Waals surface area contributed by atoms with Crippen LogP contribution in [0.5, 0.6) is 11.5 Å². The highest BCUT2D eigenvalue weighted by atomic mass is 19.1. The molecule has 0 saturated carbocycles. The zero-order valence-corrected chi connectivity index (χ0v) is 18.8. The van der Waals surface area contributed by atoms with Crippen molar-refractivity contribution in [2.24, 2.45) is 5.10 Å². The molecular formula is C27H23FN2O4. The topological polar surface area (TPSA) is 68.2 Å². The Morgan fingerprint density at radius 2 is 1.74 bits per heavy atom. The normalized spacial score (nSPS) is 14.3. The summed E-state index contributed by atoms with van der Waals surface area (Å²) in [5.74, 6) is -0.233. The first-order valence-electron chi connectivity index (χ1n) is 10.8. The van der Waals surface area contributed by atoms with Gasteiger partial charge in [0.1, 0.15) is 12.4 Å². The van der Waals surface area contributed by atoms with Crippen molar-refractivity contribution in [1.29, 1.82) is 0 Å². The predicted molar refractivity (Wildman–Crippen MR) is 127 cm³/mol. The number of halogens is 1. The number of amides is 2. The average molecular weight is 458 g/mol. The number of hydrogen-bond acceptors (Lipinski definition) is 5. The van der Waals surface area contributed by atoms with Crippen LogP contribution in [0.3, 0.4) is 0 Å². The Hall–Kier alpha value is -4.26. The van der Waals surface area contributed by atoms with Gasteiger partial charge in [0.25, 0.3) is 11.8 Å². The smallest absolute Gasteiger partial charge is 0.283 e. The number of benzene rings is 3. The molecule has 6 nitrogen and oxygen atoms in total. The summed E-state index contributed by atoms with van der Waals surface area (Å²) in [5.41, 5.74) is 2.68. The van der Waals surface area contributed by atoms with Crippen molar-refractivity contribution in [2.45, 2.75) is 20.5 Å². The SMILES string of the molecule is CCOc1cc(/C=C2/C(=O)N(C(=O)c3ccccc3)N=C2C)ccc1OCc1ccc(F)cc1. The highest BCUT2D eigenvalue weighted by Crippen LogP contribution is 2.31. The van der Waals surface area contributed by atoms with Crippen molar-refractivity contribution < 1.29 is 23.5 Å². The fourth-order valence-electron chi connectivity index (χ4n) is 3.44. The highest BCUT2D eigenvalue weighted by Gasteiger charge is 2.32. The maximum atomic E-state index is 13.1. The van der Waals surface area contributed by atoms with Crippen LogP contribution in [0.1, 0.15) is 35.3 Å². The third-order valence-electron chi connectivity index (χ3n) is 5.16. The van der Waals surface area contributed by atoms with E-state index < -0.39 is 11.8 Å². The van der Waals surface area contributed by atoms with E-state index in [1.54, 1.807) is 73.7 Å². The minimum Gasteiger partial charge on any atom is -0.490 e. The van der Waals surface area contributed by atoms with Gasteiger partial charge >= 0.3 is 0 Å². The Bertz CT molecular complexity index is 1270. The van der Waals surface area contributed by atoms with Crippen LogP contribution in [0.2, 0.25) is 0 Å². The predicted octanol–water partition coefficient (Wildman–Crippen LogP) is 5.25. The summed E-state index contributed by atoms with van der Waals surface area (Å²) in [6.07, 6.45) is 1.67. The molecule has 0 saturated heterocycles. The van der Waals surface area contributed by atoms with Gasteiger partial charge in [0.2, 0.25) is 0 Å². The standard InChI is InChI=1S/C27H23FN2O4/c1-3-33-25-16-20(11-14-24(25)34-17-19-9-12-22(28)13-10-19)15-23-18(2)29-30(27(23)32)26(31)21-7-5-4-6-8-21/h4-16H,3,17H2,1-2H3/b23-15+. The van der Waals surface area contributed by atoms with E-state index >= 15 is 0 Å². The summed E-state index contributed by atoms with van der Waals surface area (Å²) in [7, 11) is 0. The molecule has 1 aliphatic rings. The van der Waals surface area contributed by atoms with Crippen molar-refractivity contribution >= 4 is 23.6 Å². The van der Waals surface area contributed by atoms with Gasteiger partial charge < -0.3 is 9.47 Å². The molecule has 0 aromatic heterocycles. The minimum absolute atomic E-state index is 0.252. The Morgan fingerprint density at radius 1 is 1.00 bits per heavy atom. The van der Waals surface area contributed by atoms with Gasteiger partial charge in [-0.05, 0) is 67.4 Å². The van der Waals surface area contributed by atoms with Gasteiger partial charge in [0, 0.05) is 5.56 Å². The monoisotopic (exact) mass is 458 g/mol. The van der Waals surface area contributed by atoms with Crippen molar-refractivity contribution in [1.82, 2.24) is 5.01 Å². The van der Waals surface area contributed by atoms with Crippen LogP contribution in [0.15, 0.2) is 83.5 Å². The van der Waals surface area contributed by atoms with E-state index in [0.717, 1.165) is 10.6 Å². The lowest BCUT2D eigenvalue weighted by molar-refractivity contribution is -0.123. The molecule has 0 atom stereocenters. The average Bonchev–Trinajstić information content (AvgIpc) is 3.13. The molecule has 2 amide bonds. The Balaban J connectivity index is 1.54. The Labute approximate surface area is 196 Å². The second-order valence-corrected chi connectivity index (χ2v) is 7.59. The minimum atomic E-state index is -0.485. The lowest BCUT2D eigenvalue weighted by Gasteiger charge is -2.13. The van der Waals surface area contributed by atoms with Crippen LogP contribution in [0.4, 0.5) is 4.39 Å². The second-order valence-electron chi connectivity index (χ2n) is 7.59. The zero-order chi connectivity index (χ0) is 24.1. The van der Waals surface area contributed by atoms with E-state index in [0.29, 0.717) is 40.5 Å². The molecule has 0 radical (unpaired) electrons. The van der Waals surface area contributed by atoms with Crippen molar-refractivity contribution in [3.8, 4) is 11.5 Å². The summed E-state index contributed by atoms with van der Waals surface area (Å²) in [4.78, 5) is 25.6. The molecule has 0 unspecified atom stereocenters. The number of hydrazone groups is 1. The summed E-state index contributed by atoms with van der Waals surface area (Å²) < 4.78 is 24.7. The Kier molecular flexibility index (Phi) is 6.82. The van der Waals surface area contributed by atoms with Crippen molar-refractivity contribution in [2.75, 3.05) is 6.61 Å². The van der Waals surface area contributed by atoms with Crippen molar-refractivity contribution in [3.05, 3.63) is 101 Å². The molecule has 172 valence electrons. The second kappa shape index (κ2) is 10.1. The first-order valence-corrected chi connectivity index (χ1v) is 10.8. The third-order valence-corrected chi connectivity index (χ3v) is 5.16. The molecule has 0 spiro atoms. The fourth-order valence-corrected chi connectivity index (χ4v) is 3.44. The van der Waals surface area contributed by atoms with E-state index in [-0.39, 0.29) is 12.4 Å². The highest BCUT2D eigenvalue weighted by molar-refractivity contribution is 6.30. The van der Waals surface area contributed by atoms with E-state index in [2.05, 4.69) is 5.10 Å². The number of nitrogens with zero attached hydrogens (tertiary/aromatic N) is 2. The van der Waals surface area contributed by atoms with Crippen LogP contribution >= 0.6 is 0 Å². The van der Waals surface area contributed by atoms with Gasteiger partial charge in [0.05, 0.1) is 17.9 Å². The summed E-state index contributed by atoms with van der Waals surface area (Å²) in [6.45, 7) is 4.22. The summed E-state index contributed by atoms with van der Waals surface area (Å²) in [5, 5.41) is 5.06. The zero-order valence-electron chi connectivity index (χ0n) is 18.8. The number of carbonyl (C=O) groups excluding carboxylic acids is 2. The van der Waals surface area contributed by atoms with Gasteiger partial charge in [-0.1, -0.05) is 36.4 Å². The van der Waals surface area contributed by atoms with Crippen LogP contribution in [0, 0.1) is 5.82 Å². The number of rotatable bonds is 7. The van der Waals surface area contributed by atoms with E-state index in [9.17, 15) is 14.0 Å². The molecule has 0 fully saturated rings. The molecular weight excluding hydrogens is 435 g/mol. The van der Waals surface area contributed by atoms with E-state index in [4.69, 9.17) is 9.47 Å². The van der Waals surface area contributed by atoms with E-state index in [1.165, 1.54) is 12.1 Å². The largest absolute Gasteiger partial charge is 0.490 e. The molecule has 1 heterocycles. The van der Waals surface area contributed by atoms with Crippen LogP contribution in [-0.2, 0) is 11.4 Å². The first kappa shape index (κ1) is 22.9. The fraction of sp³-hybridized carbons (Fsp3) is 0.148. The number of hydrogen-bond donors (Lipinski definition) is 0. The molecule has 34 heavy (non-hydrogen) atoms. The first-order chi connectivity index (χ1) is 16.5. The van der Waals surface area contributed by atoms with E-state index in [1.807, 2.05) is 6.92 Å². The van der Waals surface area contributed by atoms with Crippen LogP contribution in [0.25, 0.3) is 6.08 Å². The molecule has 0 N–H and O–H groups in total. The quantitative estimate of drug-likeness (QED) is 0.358. The molecule has 1 aliphatic heterocycles. The lowest BCUT2D eigenvalue weighted by atomic mass is 10.1. The molecule has 0 bridgehead atoms. The van der Waals surface area contributed by atoms with Gasteiger partial charge in [-0.2, -0.15) is 10.1 Å². The number of ether oxygens (including phenoxy) is 2. The Morgan fingerprint density at radius 3 is 2.44 bits per heavy atom. The number of carbonyl (C=O) groups is 2. The van der Waals surface area contributed by atoms with Crippen molar-refractivity contribution in [3.63, 3.8) is 0 Å².